The molecule has 1 aromatic rings. The van der Waals surface area contributed by atoms with Gasteiger partial charge in [0.2, 0.25) is 5.91 Å². The van der Waals surface area contributed by atoms with Crippen molar-refractivity contribution in [3.8, 4) is 6.07 Å². The van der Waals surface area contributed by atoms with Crippen LogP contribution in [0, 0.1) is 17.2 Å². The molecule has 6 nitrogen and oxygen atoms in total. The quantitative estimate of drug-likeness (QED) is 0.581. The van der Waals surface area contributed by atoms with E-state index in [4.69, 9.17) is 5.26 Å². The highest BCUT2D eigenvalue weighted by atomic mass is 16.2. The molecule has 0 aliphatic heterocycles. The van der Waals surface area contributed by atoms with Gasteiger partial charge in [-0.15, -0.1) is 0 Å². The Morgan fingerprint density at radius 1 is 1.15 bits per heavy atom. The summed E-state index contributed by atoms with van der Waals surface area (Å²) in [4.78, 5) is 24.3. The summed E-state index contributed by atoms with van der Waals surface area (Å²) in [6, 6.07) is 11.3. The standard InChI is InChI=1S/C20H28N4O2/c21-14-16-24(19(25)12-11-17-7-3-1-4-8-17)23-20(26)22-15-13-18-9-5-2-6-10-18/h2,5-6,9-10,17H,1,3-4,7-8,11-13,15-16H2,(H2,22,23,26). The Labute approximate surface area is 155 Å². The zero-order valence-corrected chi connectivity index (χ0v) is 15.2. The fraction of sp³-hybridized carbons (Fsp3) is 0.550. The van der Waals surface area contributed by atoms with Crippen molar-refractivity contribution in [1.82, 2.24) is 15.8 Å². The van der Waals surface area contributed by atoms with Crippen molar-refractivity contribution in [1.29, 1.82) is 5.26 Å². The van der Waals surface area contributed by atoms with E-state index in [0.29, 0.717) is 25.3 Å². The third-order valence-electron chi connectivity index (χ3n) is 4.80. The summed E-state index contributed by atoms with van der Waals surface area (Å²) >= 11 is 0. The minimum absolute atomic E-state index is 0.143. The van der Waals surface area contributed by atoms with Gasteiger partial charge >= 0.3 is 6.03 Å². The molecule has 2 rings (SSSR count). The van der Waals surface area contributed by atoms with Crippen LogP contribution >= 0.6 is 0 Å². The van der Waals surface area contributed by atoms with E-state index in [1.165, 1.54) is 32.1 Å². The van der Waals surface area contributed by atoms with Gasteiger partial charge in [0.15, 0.2) is 0 Å². The lowest BCUT2D eigenvalue weighted by molar-refractivity contribution is -0.133. The van der Waals surface area contributed by atoms with Gasteiger partial charge in [0.25, 0.3) is 0 Å². The van der Waals surface area contributed by atoms with Crippen molar-refractivity contribution in [2.24, 2.45) is 5.92 Å². The number of nitrogens with zero attached hydrogens (tertiary/aromatic N) is 2. The minimum Gasteiger partial charge on any atom is -0.336 e. The van der Waals surface area contributed by atoms with Gasteiger partial charge in [-0.25, -0.2) is 15.2 Å². The summed E-state index contributed by atoms with van der Waals surface area (Å²) in [6.45, 7) is 0.322. The molecule has 1 aliphatic rings. The number of urea groups is 1. The highest BCUT2D eigenvalue weighted by molar-refractivity contribution is 5.81. The second-order valence-corrected chi connectivity index (χ2v) is 6.78. The molecule has 3 amide bonds. The third kappa shape index (κ3) is 7.14. The van der Waals surface area contributed by atoms with E-state index >= 15 is 0 Å². The first kappa shape index (κ1) is 19.8. The third-order valence-corrected chi connectivity index (χ3v) is 4.80. The molecular formula is C20H28N4O2. The second kappa shape index (κ2) is 11.1. The largest absolute Gasteiger partial charge is 0.336 e. The molecule has 1 fully saturated rings. The first-order valence-electron chi connectivity index (χ1n) is 9.44. The van der Waals surface area contributed by atoms with E-state index in [1.54, 1.807) is 0 Å². The van der Waals surface area contributed by atoms with Crippen molar-refractivity contribution in [3.63, 3.8) is 0 Å². The molecule has 0 saturated heterocycles. The molecule has 0 heterocycles. The Bertz CT molecular complexity index is 606. The van der Waals surface area contributed by atoms with Crippen LogP contribution in [0.2, 0.25) is 0 Å². The molecule has 140 valence electrons. The highest BCUT2D eigenvalue weighted by Gasteiger charge is 2.19. The number of hydrogen-bond acceptors (Lipinski definition) is 3. The summed E-state index contributed by atoms with van der Waals surface area (Å²) in [7, 11) is 0. The topological polar surface area (TPSA) is 85.2 Å². The van der Waals surface area contributed by atoms with Crippen LogP contribution in [-0.4, -0.2) is 30.0 Å². The fourth-order valence-electron chi connectivity index (χ4n) is 3.33. The van der Waals surface area contributed by atoms with Gasteiger partial charge in [-0.1, -0.05) is 62.4 Å². The van der Waals surface area contributed by atoms with Gasteiger partial charge < -0.3 is 5.32 Å². The molecule has 1 aromatic carbocycles. The van der Waals surface area contributed by atoms with Gasteiger partial charge in [0.1, 0.15) is 6.54 Å². The maximum Gasteiger partial charge on any atom is 0.333 e. The average Bonchev–Trinajstić information content (AvgIpc) is 2.67. The fourth-order valence-corrected chi connectivity index (χ4v) is 3.33. The lowest BCUT2D eigenvalue weighted by Crippen LogP contribution is -2.50. The first-order valence-corrected chi connectivity index (χ1v) is 9.44. The molecule has 1 saturated carbocycles. The summed E-state index contributed by atoms with van der Waals surface area (Å²) < 4.78 is 0. The number of benzene rings is 1. The van der Waals surface area contributed by atoms with Gasteiger partial charge in [0.05, 0.1) is 6.07 Å². The molecular weight excluding hydrogens is 328 g/mol. The maximum atomic E-state index is 12.3. The van der Waals surface area contributed by atoms with Crippen molar-refractivity contribution in [3.05, 3.63) is 35.9 Å². The monoisotopic (exact) mass is 356 g/mol. The molecule has 0 radical (unpaired) electrons. The smallest absolute Gasteiger partial charge is 0.333 e. The number of amides is 3. The second-order valence-electron chi connectivity index (χ2n) is 6.78. The lowest BCUT2D eigenvalue weighted by atomic mass is 9.86. The van der Waals surface area contributed by atoms with E-state index in [1.807, 2.05) is 36.4 Å². The molecule has 6 heteroatoms. The molecule has 26 heavy (non-hydrogen) atoms. The van der Waals surface area contributed by atoms with Crippen molar-refractivity contribution < 1.29 is 9.59 Å². The van der Waals surface area contributed by atoms with Gasteiger partial charge in [0, 0.05) is 13.0 Å². The number of carbonyl (C=O) groups is 2. The number of hydrogen-bond donors (Lipinski definition) is 2. The molecule has 1 aliphatic carbocycles. The van der Waals surface area contributed by atoms with Crippen LogP contribution in [0.15, 0.2) is 30.3 Å². The average molecular weight is 356 g/mol. The number of nitriles is 1. The van der Waals surface area contributed by atoms with Crippen LogP contribution in [0.25, 0.3) is 0 Å². The zero-order valence-electron chi connectivity index (χ0n) is 15.2. The molecule has 2 N–H and O–H groups in total. The summed E-state index contributed by atoms with van der Waals surface area (Å²) in [5.41, 5.74) is 3.63. The Morgan fingerprint density at radius 2 is 1.88 bits per heavy atom. The normalized spacial score (nSPS) is 14.3. The molecule has 0 spiro atoms. The van der Waals surface area contributed by atoms with E-state index in [9.17, 15) is 9.59 Å². The van der Waals surface area contributed by atoms with Crippen LogP contribution in [0.4, 0.5) is 4.79 Å². The molecule has 0 aromatic heterocycles. The molecule has 0 atom stereocenters. The van der Waals surface area contributed by atoms with E-state index < -0.39 is 6.03 Å². The predicted molar refractivity (Wildman–Crippen MR) is 99.8 cm³/mol. The van der Waals surface area contributed by atoms with Gasteiger partial charge in [-0.3, -0.25) is 4.79 Å². The summed E-state index contributed by atoms with van der Waals surface area (Å²) in [6.07, 6.45) is 8.04. The van der Waals surface area contributed by atoms with E-state index in [2.05, 4.69) is 10.7 Å². The van der Waals surface area contributed by atoms with Crippen molar-refractivity contribution in [2.45, 2.75) is 51.4 Å². The maximum absolute atomic E-state index is 12.3. The van der Waals surface area contributed by atoms with Crippen LogP contribution in [0.1, 0.15) is 50.5 Å². The first-order chi connectivity index (χ1) is 12.7. The van der Waals surface area contributed by atoms with Gasteiger partial charge in [-0.05, 0) is 24.3 Å². The van der Waals surface area contributed by atoms with Crippen molar-refractivity contribution >= 4 is 11.9 Å². The Kier molecular flexibility index (Phi) is 8.47. The number of carbonyl (C=O) groups excluding carboxylic acids is 2. The summed E-state index contributed by atoms with van der Waals surface area (Å²) in [5.74, 6) is 0.395. The van der Waals surface area contributed by atoms with Crippen LogP contribution in [0.3, 0.4) is 0 Å². The van der Waals surface area contributed by atoms with E-state index in [-0.39, 0.29) is 12.5 Å². The predicted octanol–water partition coefficient (Wildman–Crippen LogP) is 3.16. The molecule has 0 unspecified atom stereocenters. The van der Waals surface area contributed by atoms with Crippen LogP contribution < -0.4 is 10.7 Å². The number of rotatable bonds is 7. The minimum atomic E-state index is -0.456. The van der Waals surface area contributed by atoms with Gasteiger partial charge in [-0.2, -0.15) is 5.26 Å². The zero-order chi connectivity index (χ0) is 18.6. The molecule has 0 bridgehead atoms. The number of nitrogens with one attached hydrogen (secondary N) is 2. The number of hydrazine groups is 1. The highest BCUT2D eigenvalue weighted by Crippen LogP contribution is 2.27. The van der Waals surface area contributed by atoms with Crippen molar-refractivity contribution in [2.75, 3.05) is 13.1 Å². The SMILES string of the molecule is N#CCN(NC(=O)NCCc1ccccc1)C(=O)CCC1CCCCC1. The van der Waals surface area contributed by atoms with Crippen LogP contribution in [0.5, 0.6) is 0 Å². The van der Waals surface area contributed by atoms with Crippen LogP contribution in [-0.2, 0) is 11.2 Å². The lowest BCUT2D eigenvalue weighted by Gasteiger charge is -2.24. The van der Waals surface area contributed by atoms with E-state index in [0.717, 1.165) is 17.0 Å². The summed E-state index contributed by atoms with van der Waals surface area (Å²) in [5, 5.41) is 12.8. The Balaban J connectivity index is 1.72. The Hall–Kier alpha value is -2.55. The Morgan fingerprint density at radius 3 is 2.58 bits per heavy atom.